The quantitative estimate of drug-likeness (QED) is 0.709. The van der Waals surface area contributed by atoms with Crippen LogP contribution in [-0.2, 0) is 16.0 Å². The third-order valence-electron chi connectivity index (χ3n) is 3.00. The molecule has 0 saturated heterocycles. The van der Waals surface area contributed by atoms with E-state index in [1.54, 1.807) is 0 Å². The monoisotopic (exact) mass is 297 g/mol. The molecule has 2 amide bonds. The van der Waals surface area contributed by atoms with E-state index in [9.17, 15) is 9.59 Å². The van der Waals surface area contributed by atoms with E-state index in [1.807, 2.05) is 30.3 Å². The van der Waals surface area contributed by atoms with E-state index in [2.05, 4.69) is 10.6 Å². The van der Waals surface area contributed by atoms with Gasteiger partial charge in [0.25, 0.3) is 0 Å². The largest absolute Gasteiger partial charge is 0.352 e. The van der Waals surface area contributed by atoms with Crippen LogP contribution < -0.4 is 16.4 Å². The van der Waals surface area contributed by atoms with Crippen LogP contribution in [-0.4, -0.2) is 30.4 Å². The van der Waals surface area contributed by atoms with Crippen molar-refractivity contribution < 1.29 is 9.59 Å². The highest BCUT2D eigenvalue weighted by molar-refractivity contribution is 5.87. The van der Waals surface area contributed by atoms with E-state index < -0.39 is 6.04 Å². The summed E-state index contributed by atoms with van der Waals surface area (Å²) in [6.45, 7) is -0.00216. The van der Waals surface area contributed by atoms with Crippen molar-refractivity contribution in [2.45, 2.75) is 31.3 Å². The highest BCUT2D eigenvalue weighted by Gasteiger charge is 2.23. The number of nitrogens with two attached hydrogens (primary N) is 1. The van der Waals surface area contributed by atoms with Gasteiger partial charge in [-0.1, -0.05) is 30.3 Å². The molecule has 0 aliphatic heterocycles. The Kier molecular flexibility index (Phi) is 6.48. The number of carbonyl (C=O) groups excluding carboxylic acids is 2. The van der Waals surface area contributed by atoms with Crippen molar-refractivity contribution in [3.63, 3.8) is 0 Å². The van der Waals surface area contributed by atoms with Gasteiger partial charge in [-0.3, -0.25) is 9.59 Å². The van der Waals surface area contributed by atoms with Crippen LogP contribution in [0.25, 0.3) is 0 Å². The standard InChI is InChI=1S/C14H19N3O2.ClH/c15-12(8-10-4-2-1-3-5-10)14(19)16-9-13(18)17-11-6-7-11;/h1-5,11-12H,6-9,15H2,(H,16,19)(H,17,18);1H. The zero-order valence-corrected chi connectivity index (χ0v) is 12.0. The Balaban J connectivity index is 0.00000200. The van der Waals surface area contributed by atoms with Crippen LogP contribution >= 0.6 is 12.4 Å². The van der Waals surface area contributed by atoms with E-state index in [0.717, 1.165) is 18.4 Å². The number of nitrogens with one attached hydrogen (secondary N) is 2. The highest BCUT2D eigenvalue weighted by Crippen LogP contribution is 2.18. The minimum absolute atomic E-state index is 0. The van der Waals surface area contributed by atoms with E-state index >= 15 is 0 Å². The maximum atomic E-state index is 11.7. The van der Waals surface area contributed by atoms with Crippen LogP contribution in [0.15, 0.2) is 30.3 Å². The van der Waals surface area contributed by atoms with E-state index in [1.165, 1.54) is 0 Å². The van der Waals surface area contributed by atoms with Crippen LogP contribution in [0.3, 0.4) is 0 Å². The van der Waals surface area contributed by atoms with Gasteiger partial charge in [-0.05, 0) is 24.8 Å². The normalized spacial score (nSPS) is 14.8. The lowest BCUT2D eigenvalue weighted by molar-refractivity contribution is -0.126. The summed E-state index contributed by atoms with van der Waals surface area (Å²) in [6.07, 6.45) is 2.54. The Morgan fingerprint density at radius 1 is 1.25 bits per heavy atom. The van der Waals surface area contributed by atoms with Crippen LogP contribution in [0.1, 0.15) is 18.4 Å². The third kappa shape index (κ3) is 5.59. The first kappa shape index (κ1) is 16.5. The number of hydrogen-bond donors (Lipinski definition) is 3. The summed E-state index contributed by atoms with van der Waals surface area (Å²) in [5.41, 5.74) is 6.81. The van der Waals surface area contributed by atoms with Gasteiger partial charge >= 0.3 is 0 Å². The van der Waals surface area contributed by atoms with Gasteiger partial charge in [0.05, 0.1) is 12.6 Å². The Hall–Kier alpha value is -1.59. The fourth-order valence-corrected chi connectivity index (χ4v) is 1.77. The molecular weight excluding hydrogens is 278 g/mol. The van der Waals surface area contributed by atoms with E-state index in [-0.39, 0.29) is 30.8 Å². The van der Waals surface area contributed by atoms with Gasteiger partial charge in [0.1, 0.15) is 0 Å². The van der Waals surface area contributed by atoms with Gasteiger partial charge < -0.3 is 16.4 Å². The Morgan fingerprint density at radius 3 is 2.50 bits per heavy atom. The average Bonchev–Trinajstić information content (AvgIpc) is 3.21. The minimum atomic E-state index is -0.629. The van der Waals surface area contributed by atoms with Crippen LogP contribution in [0.5, 0.6) is 0 Å². The molecule has 4 N–H and O–H groups in total. The van der Waals surface area contributed by atoms with Crippen molar-refractivity contribution in [2.24, 2.45) is 5.73 Å². The molecule has 2 rings (SSSR count). The second-order valence-electron chi connectivity index (χ2n) is 4.86. The first-order chi connectivity index (χ1) is 9.15. The molecule has 1 aliphatic carbocycles. The van der Waals surface area contributed by atoms with Gasteiger partial charge in [0, 0.05) is 6.04 Å². The molecule has 1 saturated carbocycles. The average molecular weight is 298 g/mol. The molecular formula is C14H20ClN3O2. The summed E-state index contributed by atoms with van der Waals surface area (Å²) >= 11 is 0. The summed E-state index contributed by atoms with van der Waals surface area (Å²) in [5, 5.41) is 5.36. The molecule has 0 spiro atoms. The molecule has 1 aromatic rings. The number of rotatable bonds is 6. The van der Waals surface area contributed by atoms with Gasteiger partial charge in [-0.15, -0.1) is 12.4 Å². The molecule has 0 radical (unpaired) electrons. The summed E-state index contributed by atoms with van der Waals surface area (Å²) in [5.74, 6) is -0.447. The second-order valence-corrected chi connectivity index (χ2v) is 4.86. The fourth-order valence-electron chi connectivity index (χ4n) is 1.77. The molecule has 1 fully saturated rings. The molecule has 5 nitrogen and oxygen atoms in total. The summed E-state index contributed by atoms with van der Waals surface area (Å²) in [7, 11) is 0. The number of carbonyl (C=O) groups is 2. The number of benzene rings is 1. The topological polar surface area (TPSA) is 84.2 Å². The van der Waals surface area contributed by atoms with Crippen molar-refractivity contribution in [3.8, 4) is 0 Å². The van der Waals surface area contributed by atoms with Crippen molar-refractivity contribution in [3.05, 3.63) is 35.9 Å². The first-order valence-corrected chi connectivity index (χ1v) is 6.52. The molecule has 1 atom stereocenters. The molecule has 0 aromatic heterocycles. The Bertz CT molecular complexity index is 449. The predicted molar refractivity (Wildman–Crippen MR) is 79.5 cm³/mol. The SMILES string of the molecule is Cl.NC(Cc1ccccc1)C(=O)NCC(=O)NC1CC1. The second kappa shape index (κ2) is 7.87. The van der Waals surface area contributed by atoms with Crippen molar-refractivity contribution in [1.29, 1.82) is 0 Å². The molecule has 1 aromatic carbocycles. The van der Waals surface area contributed by atoms with Crippen LogP contribution in [0.4, 0.5) is 0 Å². The van der Waals surface area contributed by atoms with Gasteiger partial charge in [0.2, 0.25) is 11.8 Å². The summed E-state index contributed by atoms with van der Waals surface area (Å²) in [6, 6.07) is 9.25. The first-order valence-electron chi connectivity index (χ1n) is 6.52. The fraction of sp³-hybridized carbons (Fsp3) is 0.429. The lowest BCUT2D eigenvalue weighted by Crippen LogP contribution is -2.46. The maximum absolute atomic E-state index is 11.7. The smallest absolute Gasteiger partial charge is 0.239 e. The minimum Gasteiger partial charge on any atom is -0.352 e. The van der Waals surface area contributed by atoms with Crippen LogP contribution in [0, 0.1) is 0 Å². The number of hydrogen-bond acceptors (Lipinski definition) is 3. The van der Waals surface area contributed by atoms with Crippen molar-refractivity contribution in [2.75, 3.05) is 6.54 Å². The van der Waals surface area contributed by atoms with Gasteiger partial charge in [0.15, 0.2) is 0 Å². The summed E-state index contributed by atoms with van der Waals surface area (Å²) in [4.78, 5) is 23.1. The van der Waals surface area contributed by atoms with E-state index in [0.29, 0.717) is 12.5 Å². The Morgan fingerprint density at radius 2 is 1.90 bits per heavy atom. The predicted octanol–water partition coefficient (Wildman–Crippen LogP) is 0.373. The van der Waals surface area contributed by atoms with Crippen LogP contribution in [0.2, 0.25) is 0 Å². The number of halogens is 1. The zero-order chi connectivity index (χ0) is 13.7. The summed E-state index contributed by atoms with van der Waals surface area (Å²) < 4.78 is 0. The lowest BCUT2D eigenvalue weighted by Gasteiger charge is -2.12. The Labute approximate surface area is 124 Å². The molecule has 110 valence electrons. The van der Waals surface area contributed by atoms with Gasteiger partial charge in [-0.2, -0.15) is 0 Å². The van der Waals surface area contributed by atoms with Gasteiger partial charge in [-0.25, -0.2) is 0 Å². The number of amides is 2. The molecule has 6 heteroatoms. The molecule has 20 heavy (non-hydrogen) atoms. The third-order valence-corrected chi connectivity index (χ3v) is 3.00. The van der Waals surface area contributed by atoms with E-state index in [4.69, 9.17) is 5.73 Å². The van der Waals surface area contributed by atoms with Crippen molar-refractivity contribution in [1.82, 2.24) is 10.6 Å². The molecule has 1 unspecified atom stereocenters. The molecule has 1 aliphatic rings. The lowest BCUT2D eigenvalue weighted by atomic mass is 10.1. The highest BCUT2D eigenvalue weighted by atomic mass is 35.5. The maximum Gasteiger partial charge on any atom is 0.239 e. The molecule has 0 heterocycles. The molecule has 0 bridgehead atoms. The van der Waals surface area contributed by atoms with Crippen molar-refractivity contribution >= 4 is 24.2 Å². The zero-order valence-electron chi connectivity index (χ0n) is 11.2.